The first-order valence-corrected chi connectivity index (χ1v) is 8.62. The van der Waals surface area contributed by atoms with E-state index in [4.69, 9.17) is 4.74 Å². The standard InChI is InChI=1S/C17H26BrNO/c1-4-6-12(3)16(19-5-2)11-14-10-15(18)9-13-7-8-20-17(13)14/h9-10,12,16,19H,4-8,11H2,1-3H3. The van der Waals surface area contributed by atoms with Crippen LogP contribution in [0.25, 0.3) is 0 Å². The molecule has 112 valence electrons. The van der Waals surface area contributed by atoms with Crippen LogP contribution in [0.5, 0.6) is 5.75 Å². The molecule has 0 fully saturated rings. The van der Waals surface area contributed by atoms with Crippen molar-refractivity contribution in [1.29, 1.82) is 0 Å². The Bertz CT molecular complexity index is 447. The fourth-order valence-electron chi connectivity index (χ4n) is 3.13. The minimum absolute atomic E-state index is 0.530. The number of likely N-dealkylation sites (N-methyl/N-ethyl adjacent to an activating group) is 1. The topological polar surface area (TPSA) is 21.3 Å². The van der Waals surface area contributed by atoms with E-state index in [1.807, 2.05) is 0 Å². The highest BCUT2D eigenvalue weighted by Gasteiger charge is 2.22. The van der Waals surface area contributed by atoms with Gasteiger partial charge in [0.15, 0.2) is 0 Å². The number of benzene rings is 1. The molecule has 2 unspecified atom stereocenters. The summed E-state index contributed by atoms with van der Waals surface area (Å²) >= 11 is 3.64. The van der Waals surface area contributed by atoms with E-state index in [2.05, 4.69) is 54.2 Å². The molecule has 0 radical (unpaired) electrons. The first-order chi connectivity index (χ1) is 9.65. The normalized spacial score (nSPS) is 16.6. The summed E-state index contributed by atoms with van der Waals surface area (Å²) in [7, 11) is 0. The van der Waals surface area contributed by atoms with Crippen molar-refractivity contribution in [2.75, 3.05) is 13.2 Å². The lowest BCUT2D eigenvalue weighted by molar-refractivity contribution is 0.336. The van der Waals surface area contributed by atoms with E-state index < -0.39 is 0 Å². The smallest absolute Gasteiger partial charge is 0.125 e. The summed E-state index contributed by atoms with van der Waals surface area (Å²) in [5.74, 6) is 1.83. The van der Waals surface area contributed by atoms with Crippen molar-refractivity contribution >= 4 is 15.9 Å². The van der Waals surface area contributed by atoms with Gasteiger partial charge in [-0.3, -0.25) is 0 Å². The van der Waals surface area contributed by atoms with Crippen molar-refractivity contribution in [3.63, 3.8) is 0 Å². The lowest BCUT2D eigenvalue weighted by Crippen LogP contribution is -2.36. The maximum atomic E-state index is 5.85. The predicted octanol–water partition coefficient (Wildman–Crippen LogP) is 4.34. The van der Waals surface area contributed by atoms with Gasteiger partial charge in [0.2, 0.25) is 0 Å². The Morgan fingerprint density at radius 1 is 1.35 bits per heavy atom. The van der Waals surface area contributed by atoms with Gasteiger partial charge in [0, 0.05) is 16.9 Å². The quantitative estimate of drug-likeness (QED) is 0.797. The number of hydrogen-bond acceptors (Lipinski definition) is 2. The monoisotopic (exact) mass is 339 g/mol. The van der Waals surface area contributed by atoms with Crippen LogP contribution in [0.1, 0.15) is 44.7 Å². The third kappa shape index (κ3) is 3.76. The van der Waals surface area contributed by atoms with Gasteiger partial charge in [0.1, 0.15) is 5.75 Å². The highest BCUT2D eigenvalue weighted by Crippen LogP contribution is 2.34. The summed E-state index contributed by atoms with van der Waals surface area (Å²) in [6.07, 6.45) is 4.61. The first kappa shape index (κ1) is 15.8. The molecule has 1 aromatic rings. The minimum Gasteiger partial charge on any atom is -0.493 e. The summed E-state index contributed by atoms with van der Waals surface area (Å²) in [6, 6.07) is 4.96. The van der Waals surface area contributed by atoms with E-state index in [1.165, 1.54) is 28.4 Å². The van der Waals surface area contributed by atoms with Gasteiger partial charge in [-0.05, 0) is 48.6 Å². The van der Waals surface area contributed by atoms with Crippen LogP contribution >= 0.6 is 15.9 Å². The van der Waals surface area contributed by atoms with E-state index in [-0.39, 0.29) is 0 Å². The van der Waals surface area contributed by atoms with Gasteiger partial charge < -0.3 is 10.1 Å². The number of hydrogen-bond donors (Lipinski definition) is 1. The number of halogens is 1. The zero-order valence-electron chi connectivity index (χ0n) is 12.8. The highest BCUT2D eigenvalue weighted by molar-refractivity contribution is 9.10. The van der Waals surface area contributed by atoms with Crippen molar-refractivity contribution in [3.8, 4) is 5.75 Å². The minimum atomic E-state index is 0.530. The number of nitrogens with one attached hydrogen (secondary N) is 1. The van der Waals surface area contributed by atoms with Crippen molar-refractivity contribution in [3.05, 3.63) is 27.7 Å². The Hall–Kier alpha value is -0.540. The van der Waals surface area contributed by atoms with Crippen molar-refractivity contribution in [2.45, 2.75) is 52.5 Å². The third-order valence-corrected chi connectivity index (χ3v) is 4.62. The number of ether oxygens (including phenoxy) is 1. The van der Waals surface area contributed by atoms with Crippen LogP contribution in [0.3, 0.4) is 0 Å². The van der Waals surface area contributed by atoms with Gasteiger partial charge in [0.25, 0.3) is 0 Å². The van der Waals surface area contributed by atoms with Gasteiger partial charge in [-0.2, -0.15) is 0 Å². The molecule has 0 amide bonds. The molecule has 0 saturated carbocycles. The number of fused-ring (bicyclic) bond motifs is 1. The summed E-state index contributed by atoms with van der Waals surface area (Å²) < 4.78 is 7.03. The molecule has 1 aliphatic rings. The van der Waals surface area contributed by atoms with E-state index in [1.54, 1.807) is 0 Å². The van der Waals surface area contributed by atoms with Gasteiger partial charge in [0.05, 0.1) is 6.61 Å². The highest BCUT2D eigenvalue weighted by atomic mass is 79.9. The van der Waals surface area contributed by atoms with E-state index in [0.717, 1.165) is 31.7 Å². The van der Waals surface area contributed by atoms with Crippen LogP contribution in [-0.4, -0.2) is 19.2 Å². The fraction of sp³-hybridized carbons (Fsp3) is 0.647. The van der Waals surface area contributed by atoms with E-state index >= 15 is 0 Å². The Balaban J connectivity index is 2.18. The second-order valence-electron chi connectivity index (χ2n) is 5.79. The van der Waals surface area contributed by atoms with Crippen molar-refractivity contribution in [1.82, 2.24) is 5.32 Å². The van der Waals surface area contributed by atoms with Crippen LogP contribution in [0.15, 0.2) is 16.6 Å². The second kappa shape index (κ2) is 7.46. The average molecular weight is 340 g/mol. The molecule has 0 saturated heterocycles. The Kier molecular flexibility index (Phi) is 5.91. The van der Waals surface area contributed by atoms with Crippen LogP contribution in [0.4, 0.5) is 0 Å². The molecule has 0 aromatic heterocycles. The predicted molar refractivity (Wildman–Crippen MR) is 88.6 cm³/mol. The molecule has 0 bridgehead atoms. The molecular weight excluding hydrogens is 314 g/mol. The maximum absolute atomic E-state index is 5.85. The summed E-state index contributed by atoms with van der Waals surface area (Å²) in [5, 5.41) is 3.66. The lowest BCUT2D eigenvalue weighted by atomic mass is 9.90. The molecule has 2 rings (SSSR count). The lowest BCUT2D eigenvalue weighted by Gasteiger charge is -2.25. The zero-order valence-corrected chi connectivity index (χ0v) is 14.4. The summed E-state index contributed by atoms with van der Waals surface area (Å²) in [4.78, 5) is 0. The van der Waals surface area contributed by atoms with Crippen molar-refractivity contribution < 1.29 is 4.74 Å². The molecule has 1 N–H and O–H groups in total. The zero-order chi connectivity index (χ0) is 14.5. The Morgan fingerprint density at radius 3 is 2.85 bits per heavy atom. The summed E-state index contributed by atoms with van der Waals surface area (Å²) in [6.45, 7) is 8.66. The molecular formula is C17H26BrNO. The first-order valence-electron chi connectivity index (χ1n) is 7.83. The SMILES string of the molecule is CCCC(C)C(Cc1cc(Br)cc2c1OCC2)NCC. The summed E-state index contributed by atoms with van der Waals surface area (Å²) in [5.41, 5.74) is 2.70. The van der Waals surface area contributed by atoms with Gasteiger partial charge in [-0.15, -0.1) is 0 Å². The molecule has 3 heteroatoms. The van der Waals surface area contributed by atoms with Crippen LogP contribution in [0.2, 0.25) is 0 Å². The molecule has 2 nitrogen and oxygen atoms in total. The van der Waals surface area contributed by atoms with Crippen LogP contribution in [-0.2, 0) is 12.8 Å². The van der Waals surface area contributed by atoms with Crippen LogP contribution in [0, 0.1) is 5.92 Å². The van der Waals surface area contributed by atoms with Crippen LogP contribution < -0.4 is 10.1 Å². The van der Waals surface area contributed by atoms with Gasteiger partial charge in [-0.25, -0.2) is 0 Å². The molecule has 0 spiro atoms. The second-order valence-corrected chi connectivity index (χ2v) is 6.70. The molecule has 1 aliphatic heterocycles. The molecule has 20 heavy (non-hydrogen) atoms. The van der Waals surface area contributed by atoms with Crippen molar-refractivity contribution in [2.24, 2.45) is 5.92 Å². The fourth-order valence-corrected chi connectivity index (χ4v) is 3.68. The largest absolute Gasteiger partial charge is 0.493 e. The van der Waals surface area contributed by atoms with Gasteiger partial charge in [-0.1, -0.05) is 43.1 Å². The Morgan fingerprint density at radius 2 is 2.15 bits per heavy atom. The molecule has 1 aromatic carbocycles. The molecule has 1 heterocycles. The third-order valence-electron chi connectivity index (χ3n) is 4.16. The maximum Gasteiger partial charge on any atom is 0.125 e. The number of rotatable bonds is 7. The molecule has 2 atom stereocenters. The van der Waals surface area contributed by atoms with E-state index in [0.29, 0.717) is 12.0 Å². The van der Waals surface area contributed by atoms with Gasteiger partial charge >= 0.3 is 0 Å². The van der Waals surface area contributed by atoms with E-state index in [9.17, 15) is 0 Å². The molecule has 0 aliphatic carbocycles. The Labute approximate surface area is 131 Å². The average Bonchev–Trinajstić information content (AvgIpc) is 2.86.